The molecule has 1 amide bonds. The van der Waals surface area contributed by atoms with Crippen molar-refractivity contribution in [2.75, 3.05) is 16.9 Å². The summed E-state index contributed by atoms with van der Waals surface area (Å²) in [7, 11) is -3.62. The van der Waals surface area contributed by atoms with Crippen molar-refractivity contribution in [3.8, 4) is 0 Å². The van der Waals surface area contributed by atoms with Crippen molar-refractivity contribution in [2.45, 2.75) is 18.4 Å². The normalized spacial score (nSPS) is 11.5. The number of sulfone groups is 1. The molecule has 0 spiro atoms. The van der Waals surface area contributed by atoms with Crippen LogP contribution >= 0.6 is 0 Å². The number of amides is 1. The summed E-state index contributed by atoms with van der Waals surface area (Å²) in [5, 5.41) is 0.558. The minimum Gasteiger partial charge on any atom is -0.381 e. The van der Waals surface area contributed by atoms with Crippen LogP contribution in [0.4, 0.5) is 15.9 Å². The van der Waals surface area contributed by atoms with E-state index in [1.54, 1.807) is 48.7 Å². The van der Waals surface area contributed by atoms with Crippen LogP contribution in [0.3, 0.4) is 0 Å². The quantitative estimate of drug-likeness (QED) is 0.480. The van der Waals surface area contributed by atoms with Gasteiger partial charge in [-0.05, 0) is 48.4 Å². The molecule has 0 atom stereocenters. The predicted octanol–water partition coefficient (Wildman–Crippen LogP) is 3.91. The predicted molar refractivity (Wildman–Crippen MR) is 125 cm³/mol. The summed E-state index contributed by atoms with van der Waals surface area (Å²) in [4.78, 5) is 23.1. The van der Waals surface area contributed by atoms with Crippen molar-refractivity contribution >= 4 is 38.2 Å². The third-order valence-electron chi connectivity index (χ3n) is 5.13. The van der Waals surface area contributed by atoms with Crippen molar-refractivity contribution in [1.82, 2.24) is 9.97 Å². The van der Waals surface area contributed by atoms with Gasteiger partial charge in [0.15, 0.2) is 21.5 Å². The van der Waals surface area contributed by atoms with Crippen LogP contribution in [0, 0.1) is 12.7 Å². The van der Waals surface area contributed by atoms with Gasteiger partial charge < -0.3 is 10.6 Å². The zero-order valence-corrected chi connectivity index (χ0v) is 18.8. The Labute approximate surface area is 190 Å². The fourth-order valence-corrected chi connectivity index (χ4v) is 4.45. The van der Waals surface area contributed by atoms with Gasteiger partial charge in [-0.3, -0.25) is 9.78 Å². The molecular formula is C24H21FN4O3S. The zero-order valence-electron chi connectivity index (χ0n) is 18.0. The van der Waals surface area contributed by atoms with Gasteiger partial charge in [0.25, 0.3) is 5.91 Å². The van der Waals surface area contributed by atoms with Crippen LogP contribution in [0.5, 0.6) is 0 Å². The Morgan fingerprint density at radius 2 is 1.85 bits per heavy atom. The molecule has 7 nitrogen and oxygen atoms in total. The lowest BCUT2D eigenvalue weighted by molar-refractivity contribution is 0.0984. The number of halogens is 1. The van der Waals surface area contributed by atoms with E-state index in [1.165, 1.54) is 23.2 Å². The molecule has 2 heterocycles. The fraction of sp³-hybridized carbons (Fsp3) is 0.125. The van der Waals surface area contributed by atoms with Crippen molar-refractivity contribution in [2.24, 2.45) is 0 Å². The summed E-state index contributed by atoms with van der Waals surface area (Å²) in [5.74, 6) is -1.24. The smallest absolute Gasteiger partial charge is 0.260 e. The largest absolute Gasteiger partial charge is 0.381 e. The number of rotatable bonds is 5. The van der Waals surface area contributed by atoms with Crippen LogP contribution in [-0.2, 0) is 16.4 Å². The Bertz CT molecular complexity index is 1490. The van der Waals surface area contributed by atoms with Crippen LogP contribution in [0.15, 0.2) is 71.9 Å². The summed E-state index contributed by atoms with van der Waals surface area (Å²) < 4.78 is 38.7. The standard InChI is InChI=1S/C24H21FN4O3S/c1-15-9-18(13-27-12-15)24(30)29(21-5-3-4-6-22(21)33(2,31)32)14-16-7-8-17-11-19(25)23(26)28-20(17)10-16/h3-13H,14H2,1-2H3,(H2,26,28). The monoisotopic (exact) mass is 464 g/mol. The highest BCUT2D eigenvalue weighted by atomic mass is 32.2. The molecule has 2 N–H and O–H groups in total. The molecule has 0 aliphatic carbocycles. The minimum absolute atomic E-state index is 0.0317. The van der Waals surface area contributed by atoms with Crippen molar-refractivity contribution in [3.63, 3.8) is 0 Å². The van der Waals surface area contributed by atoms with E-state index in [4.69, 9.17) is 5.73 Å². The zero-order chi connectivity index (χ0) is 23.8. The van der Waals surface area contributed by atoms with E-state index in [2.05, 4.69) is 9.97 Å². The fourth-order valence-electron chi connectivity index (χ4n) is 3.57. The molecule has 0 saturated heterocycles. The lowest BCUT2D eigenvalue weighted by Gasteiger charge is -2.25. The first-order valence-corrected chi connectivity index (χ1v) is 11.9. The number of carbonyl (C=O) groups excluding carboxylic acids is 1. The second-order valence-electron chi connectivity index (χ2n) is 7.76. The first-order chi connectivity index (χ1) is 15.6. The summed E-state index contributed by atoms with van der Waals surface area (Å²) in [5.41, 5.74) is 8.11. The van der Waals surface area contributed by atoms with Crippen LogP contribution in [-0.4, -0.2) is 30.5 Å². The molecule has 0 saturated carbocycles. The van der Waals surface area contributed by atoms with Gasteiger partial charge in [-0.2, -0.15) is 0 Å². The summed E-state index contributed by atoms with van der Waals surface area (Å²) in [6.07, 6.45) is 4.17. The second kappa shape index (κ2) is 8.59. The highest BCUT2D eigenvalue weighted by Crippen LogP contribution is 2.29. The number of para-hydroxylation sites is 1. The van der Waals surface area contributed by atoms with Gasteiger partial charge in [0, 0.05) is 24.0 Å². The Kier molecular flexibility index (Phi) is 5.82. The molecule has 0 unspecified atom stereocenters. The van der Waals surface area contributed by atoms with E-state index < -0.39 is 21.6 Å². The maximum absolute atomic E-state index is 13.8. The lowest BCUT2D eigenvalue weighted by atomic mass is 10.1. The van der Waals surface area contributed by atoms with Gasteiger partial charge in [-0.1, -0.05) is 24.3 Å². The lowest BCUT2D eigenvalue weighted by Crippen LogP contribution is -2.31. The van der Waals surface area contributed by atoms with E-state index in [0.717, 1.165) is 11.8 Å². The highest BCUT2D eigenvalue weighted by molar-refractivity contribution is 7.90. The van der Waals surface area contributed by atoms with Gasteiger partial charge in [0.05, 0.1) is 28.2 Å². The Morgan fingerprint density at radius 3 is 2.58 bits per heavy atom. The number of aryl methyl sites for hydroxylation is 1. The SMILES string of the molecule is Cc1cncc(C(=O)N(Cc2ccc3cc(F)c(N)nc3c2)c2ccccc2S(C)(=O)=O)c1. The van der Waals surface area contributed by atoms with E-state index >= 15 is 0 Å². The Balaban J connectivity index is 1.84. The first kappa shape index (κ1) is 22.3. The number of nitrogens with two attached hydrogens (primary N) is 1. The van der Waals surface area contributed by atoms with Crippen LogP contribution in [0.2, 0.25) is 0 Å². The molecule has 9 heteroatoms. The topological polar surface area (TPSA) is 106 Å². The molecule has 0 radical (unpaired) electrons. The Hall–Kier alpha value is -3.85. The van der Waals surface area contributed by atoms with Gasteiger partial charge in [-0.25, -0.2) is 17.8 Å². The molecule has 168 valence electrons. The molecule has 33 heavy (non-hydrogen) atoms. The molecule has 2 aromatic carbocycles. The molecule has 0 bridgehead atoms. The highest BCUT2D eigenvalue weighted by Gasteiger charge is 2.24. The molecule has 0 fully saturated rings. The van der Waals surface area contributed by atoms with Crippen LogP contribution < -0.4 is 10.6 Å². The third-order valence-corrected chi connectivity index (χ3v) is 6.27. The third kappa shape index (κ3) is 4.68. The number of pyridine rings is 2. The van der Waals surface area contributed by atoms with Gasteiger partial charge in [0.1, 0.15) is 0 Å². The number of nitrogens with zero attached hydrogens (tertiary/aromatic N) is 3. The van der Waals surface area contributed by atoms with Crippen LogP contribution in [0.25, 0.3) is 10.9 Å². The summed E-state index contributed by atoms with van der Waals surface area (Å²) in [6, 6.07) is 14.4. The van der Waals surface area contributed by atoms with E-state index in [9.17, 15) is 17.6 Å². The average molecular weight is 465 g/mol. The van der Waals surface area contributed by atoms with Crippen molar-refractivity contribution in [1.29, 1.82) is 0 Å². The van der Waals surface area contributed by atoms with E-state index in [1.807, 2.05) is 6.92 Å². The number of hydrogen-bond acceptors (Lipinski definition) is 6. The van der Waals surface area contributed by atoms with Crippen LogP contribution in [0.1, 0.15) is 21.5 Å². The Morgan fingerprint density at radius 1 is 1.09 bits per heavy atom. The number of benzene rings is 2. The van der Waals surface area contributed by atoms with E-state index in [-0.39, 0.29) is 22.9 Å². The average Bonchev–Trinajstić information content (AvgIpc) is 2.77. The maximum Gasteiger partial charge on any atom is 0.260 e. The molecule has 0 aliphatic rings. The molecular weight excluding hydrogens is 443 g/mol. The van der Waals surface area contributed by atoms with E-state index in [0.29, 0.717) is 22.0 Å². The number of aromatic nitrogens is 2. The summed E-state index contributed by atoms with van der Waals surface area (Å²) >= 11 is 0. The number of anilines is 2. The minimum atomic E-state index is -3.62. The second-order valence-corrected chi connectivity index (χ2v) is 9.75. The van der Waals surface area contributed by atoms with Gasteiger partial charge >= 0.3 is 0 Å². The molecule has 2 aromatic heterocycles. The molecule has 4 rings (SSSR count). The van der Waals surface area contributed by atoms with Crippen molar-refractivity contribution < 1.29 is 17.6 Å². The maximum atomic E-state index is 13.8. The molecule has 4 aromatic rings. The number of carbonyl (C=O) groups is 1. The van der Waals surface area contributed by atoms with Gasteiger partial charge in [-0.15, -0.1) is 0 Å². The number of nitrogen functional groups attached to an aromatic ring is 1. The van der Waals surface area contributed by atoms with Gasteiger partial charge in [0.2, 0.25) is 0 Å². The van der Waals surface area contributed by atoms with Crippen molar-refractivity contribution in [3.05, 3.63) is 89.5 Å². The number of hydrogen-bond donors (Lipinski definition) is 1. The molecule has 0 aliphatic heterocycles. The summed E-state index contributed by atoms with van der Waals surface area (Å²) in [6.45, 7) is 1.87. The number of fused-ring (bicyclic) bond motifs is 1. The first-order valence-electron chi connectivity index (χ1n) is 10.0.